The summed E-state index contributed by atoms with van der Waals surface area (Å²) < 4.78 is 4.93. The SMILES string of the molecule is COc1ccc(C(=O)Nc2ccc(O)cc2C)cn1. The zero-order valence-electron chi connectivity index (χ0n) is 10.7. The van der Waals surface area contributed by atoms with E-state index in [1.54, 1.807) is 24.3 Å². The highest BCUT2D eigenvalue weighted by Gasteiger charge is 2.08. The lowest BCUT2D eigenvalue weighted by atomic mass is 10.2. The van der Waals surface area contributed by atoms with Gasteiger partial charge < -0.3 is 15.2 Å². The quantitative estimate of drug-likeness (QED) is 0.829. The van der Waals surface area contributed by atoms with Crippen molar-refractivity contribution in [2.75, 3.05) is 12.4 Å². The largest absolute Gasteiger partial charge is 0.508 e. The molecule has 1 heterocycles. The Balaban J connectivity index is 2.15. The fourth-order valence-corrected chi connectivity index (χ4v) is 1.62. The van der Waals surface area contributed by atoms with Crippen LogP contribution in [0.5, 0.6) is 11.6 Å². The number of amides is 1. The molecule has 19 heavy (non-hydrogen) atoms. The van der Waals surface area contributed by atoms with E-state index in [-0.39, 0.29) is 11.7 Å². The molecule has 2 N–H and O–H groups in total. The third kappa shape index (κ3) is 3.01. The number of methoxy groups -OCH3 is 1. The van der Waals surface area contributed by atoms with Crippen molar-refractivity contribution >= 4 is 11.6 Å². The first kappa shape index (κ1) is 12.9. The minimum absolute atomic E-state index is 0.168. The second kappa shape index (κ2) is 5.39. The number of carbonyl (C=O) groups excluding carboxylic acids is 1. The number of hydrogen-bond acceptors (Lipinski definition) is 4. The summed E-state index contributed by atoms with van der Waals surface area (Å²) in [5, 5.41) is 12.1. The van der Waals surface area contributed by atoms with Crippen molar-refractivity contribution in [2.45, 2.75) is 6.92 Å². The molecule has 1 aromatic heterocycles. The van der Waals surface area contributed by atoms with Gasteiger partial charge in [-0.05, 0) is 36.8 Å². The first-order valence-electron chi connectivity index (χ1n) is 5.71. The first-order chi connectivity index (χ1) is 9.10. The van der Waals surface area contributed by atoms with Crippen molar-refractivity contribution < 1.29 is 14.6 Å². The molecule has 2 rings (SSSR count). The van der Waals surface area contributed by atoms with E-state index in [9.17, 15) is 9.90 Å². The number of hydrogen-bond donors (Lipinski definition) is 2. The van der Waals surface area contributed by atoms with Crippen LogP contribution in [-0.4, -0.2) is 23.1 Å². The summed E-state index contributed by atoms with van der Waals surface area (Å²) in [7, 11) is 1.52. The predicted octanol–water partition coefficient (Wildman–Crippen LogP) is 2.36. The summed E-state index contributed by atoms with van der Waals surface area (Å²) in [5.41, 5.74) is 1.88. The molecular formula is C14H14N2O3. The van der Waals surface area contributed by atoms with Gasteiger partial charge >= 0.3 is 0 Å². The number of aromatic nitrogens is 1. The topological polar surface area (TPSA) is 71.5 Å². The van der Waals surface area contributed by atoms with Gasteiger partial charge in [-0.15, -0.1) is 0 Å². The number of pyridine rings is 1. The molecule has 0 saturated carbocycles. The summed E-state index contributed by atoms with van der Waals surface area (Å²) in [4.78, 5) is 16.0. The Morgan fingerprint density at radius 3 is 2.68 bits per heavy atom. The van der Waals surface area contributed by atoms with Crippen molar-refractivity contribution in [3.8, 4) is 11.6 Å². The van der Waals surface area contributed by atoms with Gasteiger partial charge in [-0.1, -0.05) is 0 Å². The molecular weight excluding hydrogens is 244 g/mol. The number of carbonyl (C=O) groups is 1. The molecule has 5 nitrogen and oxygen atoms in total. The van der Waals surface area contributed by atoms with Crippen molar-refractivity contribution in [2.24, 2.45) is 0 Å². The number of aryl methyl sites for hydroxylation is 1. The average molecular weight is 258 g/mol. The van der Waals surface area contributed by atoms with Gasteiger partial charge in [0.2, 0.25) is 5.88 Å². The van der Waals surface area contributed by atoms with Crippen molar-refractivity contribution in [1.82, 2.24) is 4.98 Å². The average Bonchev–Trinajstić information content (AvgIpc) is 2.42. The Morgan fingerprint density at radius 1 is 1.32 bits per heavy atom. The van der Waals surface area contributed by atoms with Crippen LogP contribution in [0.2, 0.25) is 0 Å². The molecule has 0 spiro atoms. The van der Waals surface area contributed by atoms with Gasteiger partial charge in [0, 0.05) is 18.0 Å². The van der Waals surface area contributed by atoms with Crippen molar-refractivity contribution in [1.29, 1.82) is 0 Å². The Hall–Kier alpha value is -2.56. The standard InChI is InChI=1S/C14H14N2O3/c1-9-7-11(17)4-5-12(9)16-14(18)10-3-6-13(19-2)15-8-10/h3-8,17H,1-2H3,(H,16,18). The number of ether oxygens (including phenoxy) is 1. The molecule has 0 bridgehead atoms. The smallest absolute Gasteiger partial charge is 0.257 e. The summed E-state index contributed by atoms with van der Waals surface area (Å²) in [5.74, 6) is 0.364. The molecule has 0 aliphatic heterocycles. The minimum Gasteiger partial charge on any atom is -0.508 e. The molecule has 1 amide bonds. The zero-order chi connectivity index (χ0) is 13.8. The lowest BCUT2D eigenvalue weighted by Gasteiger charge is -2.08. The zero-order valence-corrected chi connectivity index (χ0v) is 10.7. The Kier molecular flexibility index (Phi) is 3.66. The highest BCUT2D eigenvalue weighted by atomic mass is 16.5. The number of benzene rings is 1. The van der Waals surface area contributed by atoms with Crippen molar-refractivity contribution in [3.05, 3.63) is 47.7 Å². The second-order valence-electron chi connectivity index (χ2n) is 4.04. The molecule has 2 aromatic rings. The maximum atomic E-state index is 12.0. The summed E-state index contributed by atoms with van der Waals surface area (Å²) in [6.07, 6.45) is 1.45. The number of rotatable bonds is 3. The van der Waals surface area contributed by atoms with E-state index in [1.165, 1.54) is 19.4 Å². The normalized spacial score (nSPS) is 10.0. The molecule has 0 aliphatic carbocycles. The minimum atomic E-state index is -0.260. The first-order valence-corrected chi connectivity index (χ1v) is 5.71. The summed E-state index contributed by atoms with van der Waals surface area (Å²) >= 11 is 0. The number of phenols is 1. The number of nitrogens with zero attached hydrogens (tertiary/aromatic N) is 1. The molecule has 1 aromatic carbocycles. The number of aromatic hydroxyl groups is 1. The van der Waals surface area contributed by atoms with Gasteiger partial charge in [0.25, 0.3) is 5.91 Å². The van der Waals surface area contributed by atoms with Gasteiger partial charge in [0.05, 0.1) is 12.7 Å². The number of anilines is 1. The molecule has 98 valence electrons. The van der Waals surface area contributed by atoms with Gasteiger partial charge in [0.1, 0.15) is 5.75 Å². The van der Waals surface area contributed by atoms with Gasteiger partial charge in [-0.2, -0.15) is 0 Å². The summed E-state index contributed by atoms with van der Waals surface area (Å²) in [6, 6.07) is 8.02. The van der Waals surface area contributed by atoms with E-state index in [2.05, 4.69) is 10.3 Å². The molecule has 0 fully saturated rings. The monoisotopic (exact) mass is 258 g/mol. The lowest BCUT2D eigenvalue weighted by Crippen LogP contribution is -2.13. The molecule has 5 heteroatoms. The van der Waals surface area contributed by atoms with Gasteiger partial charge in [-0.25, -0.2) is 4.98 Å². The Bertz CT molecular complexity index is 594. The number of phenolic OH excluding ortho intramolecular Hbond substituents is 1. The third-order valence-electron chi connectivity index (χ3n) is 2.67. The van der Waals surface area contributed by atoms with Crippen LogP contribution in [0.1, 0.15) is 15.9 Å². The van der Waals surface area contributed by atoms with E-state index in [4.69, 9.17) is 4.74 Å². The van der Waals surface area contributed by atoms with Crippen LogP contribution in [0, 0.1) is 6.92 Å². The fraction of sp³-hybridized carbons (Fsp3) is 0.143. The Labute approximate surface area is 110 Å². The van der Waals surface area contributed by atoms with E-state index >= 15 is 0 Å². The molecule has 0 aliphatic rings. The van der Waals surface area contributed by atoms with Crippen molar-refractivity contribution in [3.63, 3.8) is 0 Å². The van der Waals surface area contributed by atoms with E-state index in [0.717, 1.165) is 5.56 Å². The lowest BCUT2D eigenvalue weighted by molar-refractivity contribution is 0.102. The van der Waals surface area contributed by atoms with E-state index in [0.29, 0.717) is 17.1 Å². The fourth-order valence-electron chi connectivity index (χ4n) is 1.62. The highest BCUT2D eigenvalue weighted by molar-refractivity contribution is 6.04. The van der Waals surface area contributed by atoms with E-state index in [1.807, 2.05) is 6.92 Å². The molecule has 0 radical (unpaired) electrons. The number of nitrogens with one attached hydrogen (secondary N) is 1. The van der Waals surface area contributed by atoms with Gasteiger partial charge in [-0.3, -0.25) is 4.79 Å². The van der Waals surface area contributed by atoms with Crippen LogP contribution in [0.4, 0.5) is 5.69 Å². The third-order valence-corrected chi connectivity index (χ3v) is 2.67. The molecule has 0 saturated heterocycles. The van der Waals surface area contributed by atoms with Crippen LogP contribution in [0.15, 0.2) is 36.5 Å². The second-order valence-corrected chi connectivity index (χ2v) is 4.04. The Morgan fingerprint density at radius 2 is 2.11 bits per heavy atom. The van der Waals surface area contributed by atoms with E-state index < -0.39 is 0 Å². The van der Waals surface area contributed by atoms with Crippen LogP contribution in [0.25, 0.3) is 0 Å². The van der Waals surface area contributed by atoms with Crippen LogP contribution in [-0.2, 0) is 0 Å². The molecule has 0 atom stereocenters. The molecule has 0 unspecified atom stereocenters. The maximum absolute atomic E-state index is 12.0. The highest BCUT2D eigenvalue weighted by Crippen LogP contribution is 2.20. The van der Waals surface area contributed by atoms with Crippen LogP contribution in [0.3, 0.4) is 0 Å². The van der Waals surface area contributed by atoms with Crippen LogP contribution >= 0.6 is 0 Å². The van der Waals surface area contributed by atoms with Gasteiger partial charge in [0.15, 0.2) is 0 Å². The summed E-state index contributed by atoms with van der Waals surface area (Å²) in [6.45, 7) is 1.81. The van der Waals surface area contributed by atoms with Crippen LogP contribution < -0.4 is 10.1 Å². The predicted molar refractivity (Wildman–Crippen MR) is 71.6 cm³/mol. The maximum Gasteiger partial charge on any atom is 0.257 e.